The zero-order valence-electron chi connectivity index (χ0n) is 14.9. The van der Waals surface area contributed by atoms with Crippen molar-refractivity contribution in [2.75, 3.05) is 11.4 Å². The van der Waals surface area contributed by atoms with E-state index in [0.29, 0.717) is 23.6 Å². The maximum Gasteiger partial charge on any atom is 0.332 e. The lowest BCUT2D eigenvalue weighted by molar-refractivity contribution is 0.458. The standard InChI is InChI=1S/C18H21N5O2/c1-11-6-5-7-13(8-11)22-9-12(2)10-23-14-15(19-17(22)23)20(3)18(25)21(4)16(14)24/h5-8,12H,9-10H2,1-4H3/t12-/m1/s1. The maximum atomic E-state index is 12.7. The lowest BCUT2D eigenvalue weighted by Gasteiger charge is -2.33. The van der Waals surface area contributed by atoms with Gasteiger partial charge >= 0.3 is 5.69 Å². The van der Waals surface area contributed by atoms with Crippen LogP contribution in [0.5, 0.6) is 0 Å². The van der Waals surface area contributed by atoms with Gasteiger partial charge in [-0.15, -0.1) is 0 Å². The van der Waals surface area contributed by atoms with Gasteiger partial charge < -0.3 is 9.47 Å². The van der Waals surface area contributed by atoms with Crippen molar-refractivity contribution in [1.82, 2.24) is 18.7 Å². The molecule has 1 atom stereocenters. The molecular weight excluding hydrogens is 318 g/mol. The first-order valence-electron chi connectivity index (χ1n) is 8.39. The molecule has 0 spiro atoms. The number of hydrogen-bond acceptors (Lipinski definition) is 4. The summed E-state index contributed by atoms with van der Waals surface area (Å²) in [5.41, 5.74) is 2.49. The number of hydrogen-bond donors (Lipinski definition) is 0. The molecule has 0 N–H and O–H groups in total. The number of nitrogens with zero attached hydrogens (tertiary/aromatic N) is 5. The summed E-state index contributed by atoms with van der Waals surface area (Å²) in [7, 11) is 3.16. The predicted octanol–water partition coefficient (Wildman–Crippen LogP) is 1.53. The summed E-state index contributed by atoms with van der Waals surface area (Å²) in [4.78, 5) is 31.8. The summed E-state index contributed by atoms with van der Waals surface area (Å²) in [6.45, 7) is 5.74. The van der Waals surface area contributed by atoms with E-state index in [2.05, 4.69) is 35.9 Å². The zero-order valence-corrected chi connectivity index (χ0v) is 14.9. The smallest absolute Gasteiger partial charge is 0.312 e. The number of aryl methyl sites for hydroxylation is 2. The summed E-state index contributed by atoms with van der Waals surface area (Å²) in [6, 6.07) is 8.23. The van der Waals surface area contributed by atoms with Gasteiger partial charge in [0.05, 0.1) is 0 Å². The summed E-state index contributed by atoms with van der Waals surface area (Å²) >= 11 is 0. The molecular formula is C18H21N5O2. The van der Waals surface area contributed by atoms with E-state index in [9.17, 15) is 9.59 Å². The maximum absolute atomic E-state index is 12.7. The lowest BCUT2D eigenvalue weighted by Crippen LogP contribution is -2.38. The minimum absolute atomic E-state index is 0.296. The second-order valence-corrected chi connectivity index (χ2v) is 6.96. The van der Waals surface area contributed by atoms with Crippen LogP contribution in [0, 0.1) is 12.8 Å². The third-order valence-electron chi connectivity index (χ3n) is 4.87. The first kappa shape index (κ1) is 15.7. The van der Waals surface area contributed by atoms with Gasteiger partial charge in [-0.25, -0.2) is 4.79 Å². The Bertz CT molecular complexity index is 1110. The molecule has 0 aliphatic carbocycles. The Morgan fingerprint density at radius 3 is 2.60 bits per heavy atom. The van der Waals surface area contributed by atoms with Crippen LogP contribution < -0.4 is 16.1 Å². The SMILES string of the molecule is Cc1cccc(N2C[C@@H](C)Cn3c2nc2c3c(=O)n(C)c(=O)n2C)c1. The van der Waals surface area contributed by atoms with Gasteiger partial charge in [-0.3, -0.25) is 13.9 Å². The highest BCUT2D eigenvalue weighted by atomic mass is 16.2. The third kappa shape index (κ3) is 2.22. The molecule has 0 bridgehead atoms. The molecule has 0 amide bonds. The van der Waals surface area contributed by atoms with Crippen molar-refractivity contribution in [2.24, 2.45) is 20.0 Å². The fourth-order valence-electron chi connectivity index (χ4n) is 3.59. The second-order valence-electron chi connectivity index (χ2n) is 6.96. The van der Waals surface area contributed by atoms with Crippen LogP contribution in [-0.4, -0.2) is 25.2 Å². The highest BCUT2D eigenvalue weighted by Crippen LogP contribution is 2.32. The fraction of sp³-hybridized carbons (Fsp3) is 0.389. The Morgan fingerprint density at radius 2 is 1.88 bits per heavy atom. The summed E-state index contributed by atoms with van der Waals surface area (Å²) < 4.78 is 4.54. The van der Waals surface area contributed by atoms with Crippen LogP contribution in [0.2, 0.25) is 0 Å². The van der Waals surface area contributed by atoms with Gasteiger partial charge in [-0.1, -0.05) is 19.1 Å². The number of benzene rings is 1. The van der Waals surface area contributed by atoms with Crippen LogP contribution in [0.1, 0.15) is 12.5 Å². The number of imidazole rings is 1. The van der Waals surface area contributed by atoms with Crippen molar-refractivity contribution in [2.45, 2.75) is 20.4 Å². The molecule has 4 rings (SSSR count). The van der Waals surface area contributed by atoms with E-state index in [1.165, 1.54) is 17.2 Å². The minimum Gasteiger partial charge on any atom is -0.312 e. The molecule has 7 nitrogen and oxygen atoms in total. The number of aromatic nitrogens is 4. The van der Waals surface area contributed by atoms with Gasteiger partial charge in [0.15, 0.2) is 11.2 Å². The molecule has 0 unspecified atom stereocenters. The fourth-order valence-corrected chi connectivity index (χ4v) is 3.59. The van der Waals surface area contributed by atoms with Crippen LogP contribution >= 0.6 is 0 Å². The largest absolute Gasteiger partial charge is 0.332 e. The molecule has 2 aromatic heterocycles. The Hall–Kier alpha value is -2.83. The van der Waals surface area contributed by atoms with Crippen LogP contribution in [0.15, 0.2) is 33.9 Å². The van der Waals surface area contributed by atoms with Gasteiger partial charge in [-0.05, 0) is 30.5 Å². The molecule has 0 fully saturated rings. The van der Waals surface area contributed by atoms with E-state index < -0.39 is 0 Å². The van der Waals surface area contributed by atoms with Gasteiger partial charge in [0.1, 0.15) is 0 Å². The van der Waals surface area contributed by atoms with E-state index in [4.69, 9.17) is 0 Å². The zero-order chi connectivity index (χ0) is 17.9. The van der Waals surface area contributed by atoms with Crippen LogP contribution in [0.4, 0.5) is 11.6 Å². The van der Waals surface area contributed by atoms with Crippen LogP contribution in [0.25, 0.3) is 11.2 Å². The third-order valence-corrected chi connectivity index (χ3v) is 4.87. The van der Waals surface area contributed by atoms with Crippen molar-refractivity contribution in [3.8, 4) is 0 Å². The first-order valence-corrected chi connectivity index (χ1v) is 8.39. The Balaban J connectivity index is 2.05. The topological polar surface area (TPSA) is 65.1 Å². The molecule has 0 saturated carbocycles. The van der Waals surface area contributed by atoms with E-state index >= 15 is 0 Å². The average Bonchev–Trinajstić information content (AvgIpc) is 2.96. The van der Waals surface area contributed by atoms with Gasteiger partial charge in [0.25, 0.3) is 5.56 Å². The molecule has 7 heteroatoms. The molecule has 3 heterocycles. The highest BCUT2D eigenvalue weighted by molar-refractivity contribution is 5.77. The molecule has 1 aromatic carbocycles. The van der Waals surface area contributed by atoms with Crippen LogP contribution in [0.3, 0.4) is 0 Å². The predicted molar refractivity (Wildman–Crippen MR) is 97.6 cm³/mol. The van der Waals surface area contributed by atoms with Gasteiger partial charge in [0.2, 0.25) is 5.95 Å². The van der Waals surface area contributed by atoms with E-state index in [-0.39, 0.29) is 11.2 Å². The van der Waals surface area contributed by atoms with Gasteiger partial charge in [-0.2, -0.15) is 4.98 Å². The molecule has 1 aliphatic rings. The minimum atomic E-state index is -0.358. The van der Waals surface area contributed by atoms with Crippen molar-refractivity contribution in [3.05, 3.63) is 50.7 Å². The highest BCUT2D eigenvalue weighted by Gasteiger charge is 2.29. The number of anilines is 2. The van der Waals surface area contributed by atoms with E-state index in [1.54, 1.807) is 7.05 Å². The molecule has 130 valence electrons. The summed E-state index contributed by atoms with van der Waals surface area (Å²) in [6.07, 6.45) is 0. The molecule has 1 aliphatic heterocycles. The van der Waals surface area contributed by atoms with E-state index in [0.717, 1.165) is 22.7 Å². The van der Waals surface area contributed by atoms with Crippen LogP contribution in [-0.2, 0) is 20.6 Å². The number of rotatable bonds is 1. The second kappa shape index (κ2) is 5.34. The summed E-state index contributed by atoms with van der Waals surface area (Å²) in [5, 5.41) is 0. The monoisotopic (exact) mass is 339 g/mol. The van der Waals surface area contributed by atoms with E-state index in [1.807, 2.05) is 16.7 Å². The quantitative estimate of drug-likeness (QED) is 0.674. The Morgan fingerprint density at radius 1 is 1.12 bits per heavy atom. The molecule has 0 saturated heterocycles. The normalized spacial score (nSPS) is 17.1. The van der Waals surface area contributed by atoms with Crippen molar-refractivity contribution < 1.29 is 0 Å². The Labute approximate surface area is 144 Å². The number of fused-ring (bicyclic) bond motifs is 3. The summed E-state index contributed by atoms with van der Waals surface area (Å²) in [5.74, 6) is 1.07. The van der Waals surface area contributed by atoms with Crippen molar-refractivity contribution in [3.63, 3.8) is 0 Å². The van der Waals surface area contributed by atoms with Crippen molar-refractivity contribution in [1.29, 1.82) is 0 Å². The molecule has 0 radical (unpaired) electrons. The lowest BCUT2D eigenvalue weighted by atomic mass is 10.1. The first-order chi connectivity index (χ1) is 11.9. The van der Waals surface area contributed by atoms with Crippen molar-refractivity contribution >= 4 is 22.8 Å². The molecule has 3 aromatic rings. The van der Waals surface area contributed by atoms with Gasteiger partial charge in [0, 0.05) is 32.9 Å². The average molecular weight is 339 g/mol. The molecule has 25 heavy (non-hydrogen) atoms. The Kier molecular flexibility index (Phi) is 3.35.